The normalized spacial score (nSPS) is 17.2. The van der Waals surface area contributed by atoms with E-state index in [0.29, 0.717) is 5.56 Å². The molecule has 1 aliphatic heterocycles. The summed E-state index contributed by atoms with van der Waals surface area (Å²) < 4.78 is 50.4. The number of alkyl halides is 2. The molecule has 192 valence electrons. The van der Waals surface area contributed by atoms with Crippen LogP contribution in [0.2, 0.25) is 0 Å². The second-order valence-corrected chi connectivity index (χ2v) is 9.01. The summed E-state index contributed by atoms with van der Waals surface area (Å²) in [5.41, 5.74) is 2.35. The maximum absolute atomic E-state index is 15.1. The third-order valence-corrected chi connectivity index (χ3v) is 6.47. The Morgan fingerprint density at radius 1 is 1.22 bits per heavy atom. The Labute approximate surface area is 209 Å². The van der Waals surface area contributed by atoms with Crippen LogP contribution in [0.3, 0.4) is 0 Å². The Morgan fingerprint density at radius 3 is 2.78 bits per heavy atom. The van der Waals surface area contributed by atoms with Crippen LogP contribution in [0, 0.1) is 12.7 Å². The number of aromatic nitrogens is 4. The molecule has 4 aromatic rings. The summed E-state index contributed by atoms with van der Waals surface area (Å²) in [5, 5.41) is 11.6. The summed E-state index contributed by atoms with van der Waals surface area (Å²) in [7, 11) is 1.81. The van der Waals surface area contributed by atoms with Gasteiger partial charge >= 0.3 is 0 Å². The number of hydrogen-bond acceptors (Lipinski definition) is 6. The fraction of sp³-hybridized carbons (Fsp3) is 0.320. The SMILES string of the molecule is Cc1nn(C)c2cc(-c3noc(C4CCN(C(=O)CNC(=O)c5cccc(F)c5)CC4(F)F)n3)ccc12. The van der Waals surface area contributed by atoms with Gasteiger partial charge in [-0.25, -0.2) is 13.2 Å². The van der Waals surface area contributed by atoms with Crippen LogP contribution in [0.4, 0.5) is 13.2 Å². The van der Waals surface area contributed by atoms with E-state index in [1.807, 2.05) is 26.1 Å². The van der Waals surface area contributed by atoms with E-state index in [-0.39, 0.29) is 30.2 Å². The van der Waals surface area contributed by atoms with Crippen LogP contribution >= 0.6 is 0 Å². The number of likely N-dealkylation sites (tertiary alicyclic amines) is 1. The lowest BCUT2D eigenvalue weighted by molar-refractivity contribution is -0.144. The maximum Gasteiger partial charge on any atom is 0.276 e. The first-order chi connectivity index (χ1) is 17.6. The number of nitrogens with one attached hydrogen (secondary N) is 1. The lowest BCUT2D eigenvalue weighted by Crippen LogP contribution is -2.52. The van der Waals surface area contributed by atoms with Crippen molar-refractivity contribution in [3.63, 3.8) is 0 Å². The molecular weight excluding hydrogens is 489 g/mol. The van der Waals surface area contributed by atoms with Gasteiger partial charge in [0.05, 0.1) is 24.3 Å². The van der Waals surface area contributed by atoms with E-state index in [4.69, 9.17) is 4.52 Å². The molecule has 2 aromatic carbocycles. The molecule has 3 heterocycles. The molecule has 0 bridgehead atoms. The zero-order valence-electron chi connectivity index (χ0n) is 20.0. The number of nitrogens with zero attached hydrogens (tertiary/aromatic N) is 5. The molecule has 0 radical (unpaired) electrons. The van der Waals surface area contributed by atoms with Gasteiger partial charge in [0.1, 0.15) is 11.7 Å². The monoisotopic (exact) mass is 512 g/mol. The lowest BCUT2D eigenvalue weighted by Gasteiger charge is -2.36. The number of hydrogen-bond donors (Lipinski definition) is 1. The van der Waals surface area contributed by atoms with Crippen molar-refractivity contribution in [1.82, 2.24) is 30.1 Å². The van der Waals surface area contributed by atoms with Crippen molar-refractivity contribution >= 4 is 22.7 Å². The highest BCUT2D eigenvalue weighted by molar-refractivity contribution is 5.96. The third kappa shape index (κ3) is 4.78. The zero-order chi connectivity index (χ0) is 26.3. The Kier molecular flexibility index (Phi) is 6.18. The Hall–Kier alpha value is -4.22. The summed E-state index contributed by atoms with van der Waals surface area (Å²) in [6, 6.07) is 10.4. The fourth-order valence-corrected chi connectivity index (χ4v) is 4.53. The van der Waals surface area contributed by atoms with Crippen LogP contribution in [0.25, 0.3) is 22.3 Å². The number of carbonyl (C=O) groups is 2. The van der Waals surface area contributed by atoms with E-state index in [9.17, 15) is 14.0 Å². The summed E-state index contributed by atoms with van der Waals surface area (Å²) in [5.74, 6) is -6.65. The maximum atomic E-state index is 15.1. The molecule has 37 heavy (non-hydrogen) atoms. The van der Waals surface area contributed by atoms with Crippen molar-refractivity contribution in [3.05, 3.63) is 65.4 Å². The quantitative estimate of drug-likeness (QED) is 0.439. The van der Waals surface area contributed by atoms with E-state index in [2.05, 4.69) is 20.6 Å². The number of carbonyl (C=O) groups excluding carboxylic acids is 2. The topological polar surface area (TPSA) is 106 Å². The second kappa shape index (κ2) is 9.34. The van der Waals surface area contributed by atoms with Gasteiger partial charge in [-0.2, -0.15) is 10.1 Å². The highest BCUT2D eigenvalue weighted by Gasteiger charge is 2.49. The second-order valence-electron chi connectivity index (χ2n) is 9.01. The first-order valence-electron chi connectivity index (χ1n) is 11.6. The molecule has 1 aliphatic rings. The average Bonchev–Trinajstić information content (AvgIpc) is 3.46. The van der Waals surface area contributed by atoms with Crippen molar-refractivity contribution < 1.29 is 27.3 Å². The number of fused-ring (bicyclic) bond motifs is 1. The van der Waals surface area contributed by atoms with Gasteiger partial charge in [0.25, 0.3) is 11.8 Å². The molecule has 0 aliphatic carbocycles. The highest BCUT2D eigenvalue weighted by Crippen LogP contribution is 2.40. The Morgan fingerprint density at radius 2 is 2.03 bits per heavy atom. The summed E-state index contributed by atoms with van der Waals surface area (Å²) in [6.45, 7) is 0.569. The number of halogens is 3. The molecule has 1 fully saturated rings. The van der Waals surface area contributed by atoms with E-state index in [1.165, 1.54) is 18.2 Å². The van der Waals surface area contributed by atoms with Gasteiger partial charge in [-0.1, -0.05) is 23.4 Å². The molecule has 9 nitrogen and oxygen atoms in total. The largest absolute Gasteiger partial charge is 0.343 e. The Balaban J connectivity index is 1.24. The van der Waals surface area contributed by atoms with Crippen molar-refractivity contribution in [2.45, 2.75) is 25.2 Å². The molecular formula is C25H23F3N6O3. The molecule has 0 saturated carbocycles. The molecule has 1 unspecified atom stereocenters. The standard InChI is InChI=1S/C25H23F3N6O3/c1-14-18-7-6-15(11-20(18)33(2)31-14)22-30-24(37-32-22)19-8-9-34(13-25(19,27)28)21(35)12-29-23(36)16-4-3-5-17(26)10-16/h3-7,10-11,19H,8-9,12-13H2,1-2H3,(H,29,36). The third-order valence-electron chi connectivity index (χ3n) is 6.47. The van der Waals surface area contributed by atoms with Gasteiger partial charge in [-0.3, -0.25) is 14.3 Å². The number of benzene rings is 2. The van der Waals surface area contributed by atoms with Gasteiger partial charge in [-0.15, -0.1) is 0 Å². The summed E-state index contributed by atoms with van der Waals surface area (Å²) in [6.07, 6.45) is -0.0990. The highest BCUT2D eigenvalue weighted by atomic mass is 19.3. The van der Waals surface area contributed by atoms with Crippen LogP contribution in [-0.4, -0.2) is 62.2 Å². The predicted octanol–water partition coefficient (Wildman–Crippen LogP) is 3.45. The molecule has 0 spiro atoms. The minimum Gasteiger partial charge on any atom is -0.343 e. The molecule has 2 aromatic heterocycles. The smallest absolute Gasteiger partial charge is 0.276 e. The van der Waals surface area contributed by atoms with Gasteiger partial charge in [0.2, 0.25) is 17.6 Å². The van der Waals surface area contributed by atoms with Crippen LogP contribution in [-0.2, 0) is 11.8 Å². The van der Waals surface area contributed by atoms with Crippen LogP contribution < -0.4 is 5.32 Å². The number of rotatable bonds is 5. The summed E-state index contributed by atoms with van der Waals surface area (Å²) >= 11 is 0. The van der Waals surface area contributed by atoms with E-state index < -0.39 is 42.6 Å². The zero-order valence-corrected chi connectivity index (χ0v) is 20.0. The number of aryl methyl sites for hydroxylation is 2. The average molecular weight is 512 g/mol. The minimum atomic E-state index is -3.33. The van der Waals surface area contributed by atoms with Crippen LogP contribution in [0.15, 0.2) is 47.0 Å². The molecule has 5 rings (SSSR count). The predicted molar refractivity (Wildman–Crippen MR) is 126 cm³/mol. The first kappa shape index (κ1) is 24.5. The van der Waals surface area contributed by atoms with Crippen LogP contribution in [0.1, 0.15) is 34.3 Å². The fourth-order valence-electron chi connectivity index (χ4n) is 4.53. The lowest BCUT2D eigenvalue weighted by atomic mass is 9.92. The number of amides is 2. The molecule has 1 saturated heterocycles. The molecule has 2 amide bonds. The number of piperidine rings is 1. The Bertz CT molecular complexity index is 1500. The van der Waals surface area contributed by atoms with Gasteiger partial charge < -0.3 is 14.7 Å². The van der Waals surface area contributed by atoms with E-state index >= 15 is 8.78 Å². The minimum absolute atomic E-state index is 0.0207. The van der Waals surface area contributed by atoms with Gasteiger partial charge in [-0.05, 0) is 37.6 Å². The molecule has 12 heteroatoms. The molecule has 1 N–H and O–H groups in total. The van der Waals surface area contributed by atoms with Gasteiger partial charge in [0, 0.05) is 30.1 Å². The van der Waals surface area contributed by atoms with E-state index in [1.54, 1.807) is 10.7 Å². The van der Waals surface area contributed by atoms with Crippen LogP contribution in [0.5, 0.6) is 0 Å². The van der Waals surface area contributed by atoms with Crippen molar-refractivity contribution in [3.8, 4) is 11.4 Å². The van der Waals surface area contributed by atoms with Crippen molar-refractivity contribution in [2.75, 3.05) is 19.6 Å². The van der Waals surface area contributed by atoms with Crippen molar-refractivity contribution in [1.29, 1.82) is 0 Å². The first-order valence-corrected chi connectivity index (χ1v) is 11.6. The van der Waals surface area contributed by atoms with Crippen molar-refractivity contribution in [2.24, 2.45) is 7.05 Å². The summed E-state index contributed by atoms with van der Waals surface area (Å²) in [4.78, 5) is 29.9. The van der Waals surface area contributed by atoms with Gasteiger partial charge in [0.15, 0.2) is 0 Å². The molecule has 1 atom stereocenters. The van der Waals surface area contributed by atoms with E-state index in [0.717, 1.165) is 27.6 Å².